The number of rotatable bonds is 7. The van der Waals surface area contributed by atoms with Crippen molar-refractivity contribution in [3.05, 3.63) is 66.2 Å². The maximum Gasteiger partial charge on any atom is 0.321 e. The Bertz CT molecular complexity index is 965. The monoisotopic (exact) mass is 421 g/mol. The van der Waals surface area contributed by atoms with Gasteiger partial charge in [-0.05, 0) is 18.4 Å². The molecule has 0 saturated carbocycles. The van der Waals surface area contributed by atoms with Crippen LogP contribution in [0.2, 0.25) is 0 Å². The van der Waals surface area contributed by atoms with Gasteiger partial charge in [0.05, 0.1) is 24.6 Å². The van der Waals surface area contributed by atoms with Crippen LogP contribution in [0.15, 0.2) is 55.1 Å². The predicted molar refractivity (Wildman–Crippen MR) is 121 cm³/mol. The molecule has 8 heteroatoms. The highest BCUT2D eigenvalue weighted by Gasteiger charge is 2.20. The molecule has 0 aliphatic carbocycles. The van der Waals surface area contributed by atoms with Crippen molar-refractivity contribution in [3.8, 4) is 0 Å². The Morgan fingerprint density at radius 2 is 1.77 bits per heavy atom. The number of carbonyl (C=O) groups is 1. The van der Waals surface area contributed by atoms with Gasteiger partial charge >= 0.3 is 6.03 Å². The van der Waals surface area contributed by atoms with Gasteiger partial charge in [0.25, 0.3) is 0 Å². The van der Waals surface area contributed by atoms with Crippen LogP contribution in [0, 0.1) is 0 Å². The molecule has 8 nitrogen and oxygen atoms in total. The number of hydrogen-bond acceptors (Lipinski definition) is 4. The average molecular weight is 422 g/mol. The van der Waals surface area contributed by atoms with E-state index in [4.69, 9.17) is 0 Å². The molecule has 4 rings (SSSR count). The van der Waals surface area contributed by atoms with Crippen LogP contribution in [0.3, 0.4) is 0 Å². The summed E-state index contributed by atoms with van der Waals surface area (Å²) >= 11 is 0. The maximum atomic E-state index is 12.8. The fraction of sp³-hybridized carbons (Fsp3) is 0.435. The molecule has 0 bridgehead atoms. The number of anilines is 1. The summed E-state index contributed by atoms with van der Waals surface area (Å²) in [6.07, 6.45) is 9.72. The minimum Gasteiger partial charge on any atom is -0.323 e. The summed E-state index contributed by atoms with van der Waals surface area (Å²) < 4.78 is 3.85. The molecular formula is C23H31N7O. The van der Waals surface area contributed by atoms with E-state index in [9.17, 15) is 4.79 Å². The molecule has 0 spiro atoms. The maximum absolute atomic E-state index is 12.8. The van der Waals surface area contributed by atoms with Crippen molar-refractivity contribution in [1.82, 2.24) is 29.4 Å². The number of hydrogen-bond donors (Lipinski definition) is 1. The van der Waals surface area contributed by atoms with Gasteiger partial charge in [-0.15, -0.1) is 0 Å². The molecule has 1 N–H and O–H groups in total. The summed E-state index contributed by atoms with van der Waals surface area (Å²) in [5, 5.41) is 11.8. The highest BCUT2D eigenvalue weighted by Crippen LogP contribution is 2.12. The Balaban J connectivity index is 1.26. The molecule has 164 valence electrons. The van der Waals surface area contributed by atoms with Crippen LogP contribution < -0.4 is 5.32 Å². The molecule has 0 unspecified atom stereocenters. The van der Waals surface area contributed by atoms with E-state index >= 15 is 0 Å². The molecule has 1 aromatic carbocycles. The van der Waals surface area contributed by atoms with Crippen molar-refractivity contribution in [2.24, 2.45) is 0 Å². The van der Waals surface area contributed by atoms with Crippen LogP contribution >= 0.6 is 0 Å². The molecule has 31 heavy (non-hydrogen) atoms. The number of aromatic nitrogens is 4. The van der Waals surface area contributed by atoms with Gasteiger partial charge in [-0.25, -0.2) is 4.79 Å². The zero-order valence-electron chi connectivity index (χ0n) is 18.2. The molecule has 0 atom stereocenters. The van der Waals surface area contributed by atoms with Gasteiger partial charge in [0.1, 0.15) is 0 Å². The smallest absolute Gasteiger partial charge is 0.321 e. The van der Waals surface area contributed by atoms with Crippen LogP contribution in [0.1, 0.15) is 30.9 Å². The average Bonchev–Trinajstić information content (AvgIpc) is 3.33. The topological polar surface area (TPSA) is 71.2 Å². The van der Waals surface area contributed by atoms with Crippen molar-refractivity contribution in [1.29, 1.82) is 0 Å². The lowest BCUT2D eigenvalue weighted by molar-refractivity contribution is 0.211. The third kappa shape index (κ3) is 5.95. The standard InChI is InChI=1S/C23H31N7O/c1-2-9-29-18-21(14-24-29)16-27-10-6-11-28(13-12-27)23(31)26-22-15-25-30(19-22)17-20-7-4-3-5-8-20/h3-5,7-8,14-15,18-19H,2,6,9-13,16-17H2,1H3,(H,26,31). The van der Waals surface area contributed by atoms with E-state index in [2.05, 4.69) is 45.7 Å². The molecule has 2 aromatic heterocycles. The first kappa shape index (κ1) is 21.1. The van der Waals surface area contributed by atoms with Crippen LogP contribution in [0.5, 0.6) is 0 Å². The lowest BCUT2D eigenvalue weighted by Gasteiger charge is -2.21. The van der Waals surface area contributed by atoms with E-state index in [1.54, 1.807) is 6.20 Å². The summed E-state index contributed by atoms with van der Waals surface area (Å²) in [6.45, 7) is 8.00. The third-order valence-corrected chi connectivity index (χ3v) is 5.49. The lowest BCUT2D eigenvalue weighted by Crippen LogP contribution is -2.37. The Morgan fingerprint density at radius 3 is 2.61 bits per heavy atom. The number of benzene rings is 1. The van der Waals surface area contributed by atoms with Crippen LogP contribution in [-0.2, 0) is 19.6 Å². The molecule has 3 heterocycles. The first-order chi connectivity index (χ1) is 15.2. The normalized spacial score (nSPS) is 15.1. The second-order valence-corrected chi connectivity index (χ2v) is 8.07. The van der Waals surface area contributed by atoms with Gasteiger partial charge in [0.15, 0.2) is 0 Å². The zero-order chi connectivity index (χ0) is 21.5. The van der Waals surface area contributed by atoms with Gasteiger partial charge in [-0.1, -0.05) is 37.3 Å². The van der Waals surface area contributed by atoms with Gasteiger partial charge < -0.3 is 10.2 Å². The first-order valence-corrected chi connectivity index (χ1v) is 11.1. The fourth-order valence-corrected chi connectivity index (χ4v) is 3.92. The van der Waals surface area contributed by atoms with Gasteiger partial charge in [-0.3, -0.25) is 14.3 Å². The van der Waals surface area contributed by atoms with Crippen molar-refractivity contribution < 1.29 is 4.79 Å². The van der Waals surface area contributed by atoms with Crippen LogP contribution in [0.25, 0.3) is 0 Å². The molecule has 1 fully saturated rings. The van der Waals surface area contributed by atoms with Gasteiger partial charge in [0, 0.05) is 57.2 Å². The molecule has 1 aliphatic heterocycles. The van der Waals surface area contributed by atoms with E-state index in [1.807, 2.05) is 44.9 Å². The summed E-state index contributed by atoms with van der Waals surface area (Å²) in [6, 6.07) is 10.1. The Kier molecular flexibility index (Phi) is 6.99. The number of urea groups is 1. The van der Waals surface area contributed by atoms with Crippen molar-refractivity contribution >= 4 is 11.7 Å². The molecular weight excluding hydrogens is 390 g/mol. The van der Waals surface area contributed by atoms with E-state index in [0.29, 0.717) is 13.1 Å². The summed E-state index contributed by atoms with van der Waals surface area (Å²) in [5.74, 6) is 0. The predicted octanol–water partition coefficient (Wildman–Crippen LogP) is 3.28. The third-order valence-electron chi connectivity index (χ3n) is 5.49. The van der Waals surface area contributed by atoms with Crippen LogP contribution in [-0.4, -0.2) is 61.6 Å². The van der Waals surface area contributed by atoms with E-state index in [-0.39, 0.29) is 6.03 Å². The second kappa shape index (κ2) is 10.3. The molecule has 1 aliphatic rings. The molecule has 0 radical (unpaired) electrons. The van der Waals surface area contributed by atoms with E-state index in [1.165, 1.54) is 11.1 Å². The van der Waals surface area contributed by atoms with Crippen molar-refractivity contribution in [3.63, 3.8) is 0 Å². The Labute approximate surface area is 183 Å². The fourth-order valence-electron chi connectivity index (χ4n) is 3.92. The number of nitrogens with zero attached hydrogens (tertiary/aromatic N) is 6. The SMILES string of the molecule is CCCn1cc(CN2CCCN(C(=O)Nc3cnn(Cc4ccccc4)c3)CC2)cn1. The molecule has 1 saturated heterocycles. The number of nitrogens with one attached hydrogen (secondary N) is 1. The van der Waals surface area contributed by atoms with Gasteiger partial charge in [0.2, 0.25) is 0 Å². The van der Waals surface area contributed by atoms with E-state index < -0.39 is 0 Å². The number of carbonyl (C=O) groups excluding carboxylic acids is 1. The molecule has 2 amide bonds. The highest BCUT2D eigenvalue weighted by atomic mass is 16.2. The lowest BCUT2D eigenvalue weighted by atomic mass is 10.2. The van der Waals surface area contributed by atoms with Crippen molar-refractivity contribution in [2.45, 2.75) is 39.4 Å². The summed E-state index contributed by atoms with van der Waals surface area (Å²) in [4.78, 5) is 17.1. The summed E-state index contributed by atoms with van der Waals surface area (Å²) in [7, 11) is 0. The number of amides is 2. The van der Waals surface area contributed by atoms with E-state index in [0.717, 1.165) is 51.3 Å². The Hall–Kier alpha value is -3.13. The number of aryl methyl sites for hydroxylation is 1. The quantitative estimate of drug-likeness (QED) is 0.636. The van der Waals surface area contributed by atoms with Gasteiger partial charge in [-0.2, -0.15) is 10.2 Å². The van der Waals surface area contributed by atoms with Crippen molar-refractivity contribution in [2.75, 3.05) is 31.5 Å². The van der Waals surface area contributed by atoms with Crippen LogP contribution in [0.4, 0.5) is 10.5 Å². The summed E-state index contributed by atoms with van der Waals surface area (Å²) in [5.41, 5.74) is 3.14. The minimum atomic E-state index is -0.0584. The zero-order valence-corrected chi connectivity index (χ0v) is 18.2. The largest absolute Gasteiger partial charge is 0.323 e. The second-order valence-electron chi connectivity index (χ2n) is 8.07. The molecule has 3 aromatic rings. The first-order valence-electron chi connectivity index (χ1n) is 11.1. The Morgan fingerprint density at radius 1 is 0.935 bits per heavy atom. The minimum absolute atomic E-state index is 0.0584. The highest BCUT2D eigenvalue weighted by molar-refractivity contribution is 5.89.